The topological polar surface area (TPSA) is 21.3 Å². The summed E-state index contributed by atoms with van der Waals surface area (Å²) in [7, 11) is 0. The van der Waals surface area contributed by atoms with E-state index in [1.807, 2.05) is 0 Å². The van der Waals surface area contributed by atoms with Crippen LogP contribution in [-0.2, 0) is 4.74 Å². The molecule has 0 radical (unpaired) electrons. The fourth-order valence-corrected chi connectivity index (χ4v) is 3.24. The number of ether oxygens (including phenoxy) is 1. The molecule has 0 aromatic heterocycles. The molecule has 76 valence electrons. The first-order valence-corrected chi connectivity index (χ1v) is 6.52. The second kappa shape index (κ2) is 5.23. The molecule has 2 fully saturated rings. The van der Waals surface area contributed by atoms with Gasteiger partial charge in [0.2, 0.25) is 0 Å². The third-order valence-corrected chi connectivity index (χ3v) is 4.02. The highest BCUT2D eigenvalue weighted by Gasteiger charge is 2.20. The van der Waals surface area contributed by atoms with Crippen LogP contribution in [0.4, 0.5) is 0 Å². The van der Waals surface area contributed by atoms with Crippen LogP contribution in [0.15, 0.2) is 0 Å². The van der Waals surface area contributed by atoms with E-state index >= 15 is 0 Å². The number of hydrogen-bond donors (Lipinski definition) is 1. The lowest BCUT2D eigenvalue weighted by atomic mass is 10.1. The summed E-state index contributed by atoms with van der Waals surface area (Å²) in [6, 6.07) is 1.51. The molecule has 0 bridgehead atoms. The van der Waals surface area contributed by atoms with Gasteiger partial charge in [-0.25, -0.2) is 0 Å². The largest absolute Gasteiger partial charge is 0.381 e. The summed E-state index contributed by atoms with van der Waals surface area (Å²) < 4.78 is 5.44. The van der Waals surface area contributed by atoms with Crippen LogP contribution in [0.25, 0.3) is 0 Å². The van der Waals surface area contributed by atoms with Crippen molar-refractivity contribution in [2.24, 2.45) is 0 Å². The number of rotatable bonds is 2. The standard InChI is InChI=1S/C10H19NOS/c1-2-9(3-6-12-5-1)11-10-4-7-13-8-10/h9-11H,1-8H2. The molecular weight excluding hydrogens is 182 g/mol. The van der Waals surface area contributed by atoms with E-state index in [-0.39, 0.29) is 0 Å². The Balaban J connectivity index is 1.71. The van der Waals surface area contributed by atoms with E-state index in [1.54, 1.807) is 0 Å². The molecule has 0 spiro atoms. The molecule has 0 aliphatic carbocycles. The smallest absolute Gasteiger partial charge is 0.0480 e. The lowest BCUT2D eigenvalue weighted by molar-refractivity contribution is 0.142. The third kappa shape index (κ3) is 3.15. The Morgan fingerprint density at radius 2 is 2.08 bits per heavy atom. The molecule has 2 atom stereocenters. The van der Waals surface area contributed by atoms with Gasteiger partial charge in [0.1, 0.15) is 0 Å². The Morgan fingerprint density at radius 1 is 1.08 bits per heavy atom. The van der Waals surface area contributed by atoms with Gasteiger partial charge in [0, 0.05) is 31.1 Å². The van der Waals surface area contributed by atoms with E-state index < -0.39 is 0 Å². The quantitative estimate of drug-likeness (QED) is 0.734. The zero-order valence-corrected chi connectivity index (χ0v) is 8.94. The molecule has 2 aliphatic heterocycles. The highest BCUT2D eigenvalue weighted by Crippen LogP contribution is 2.19. The van der Waals surface area contributed by atoms with Gasteiger partial charge in [-0.3, -0.25) is 0 Å². The molecule has 2 saturated heterocycles. The van der Waals surface area contributed by atoms with E-state index in [9.17, 15) is 0 Å². The first kappa shape index (κ1) is 9.81. The lowest BCUT2D eigenvalue weighted by Crippen LogP contribution is -2.38. The Kier molecular flexibility index (Phi) is 3.94. The monoisotopic (exact) mass is 201 g/mol. The molecular formula is C10H19NOS. The van der Waals surface area contributed by atoms with Crippen molar-refractivity contribution in [2.75, 3.05) is 24.7 Å². The van der Waals surface area contributed by atoms with Crippen molar-refractivity contribution in [3.63, 3.8) is 0 Å². The number of nitrogens with one attached hydrogen (secondary N) is 1. The van der Waals surface area contributed by atoms with Gasteiger partial charge in [-0.05, 0) is 31.4 Å². The van der Waals surface area contributed by atoms with Crippen molar-refractivity contribution >= 4 is 11.8 Å². The van der Waals surface area contributed by atoms with Crippen molar-refractivity contribution in [2.45, 2.75) is 37.8 Å². The summed E-state index contributed by atoms with van der Waals surface area (Å²) in [5.74, 6) is 2.66. The van der Waals surface area contributed by atoms with Crippen LogP contribution in [0.1, 0.15) is 25.7 Å². The average molecular weight is 201 g/mol. The molecule has 2 heterocycles. The van der Waals surface area contributed by atoms with Gasteiger partial charge in [-0.2, -0.15) is 11.8 Å². The number of hydrogen-bond acceptors (Lipinski definition) is 3. The van der Waals surface area contributed by atoms with Gasteiger partial charge in [0.05, 0.1) is 0 Å². The van der Waals surface area contributed by atoms with Crippen molar-refractivity contribution in [1.82, 2.24) is 5.32 Å². The van der Waals surface area contributed by atoms with E-state index in [0.29, 0.717) is 0 Å². The minimum atomic E-state index is 0.728. The summed E-state index contributed by atoms with van der Waals surface area (Å²) in [4.78, 5) is 0. The van der Waals surface area contributed by atoms with Crippen LogP contribution < -0.4 is 5.32 Å². The fourth-order valence-electron chi connectivity index (χ4n) is 2.07. The van der Waals surface area contributed by atoms with Crippen LogP contribution in [0, 0.1) is 0 Å². The summed E-state index contributed by atoms with van der Waals surface area (Å²) in [6.07, 6.45) is 5.11. The Bertz CT molecular complexity index is 140. The summed E-state index contributed by atoms with van der Waals surface area (Å²) in [5.41, 5.74) is 0. The molecule has 0 saturated carbocycles. The fraction of sp³-hybridized carbons (Fsp3) is 1.00. The molecule has 0 aromatic carbocycles. The van der Waals surface area contributed by atoms with Crippen LogP contribution in [0.2, 0.25) is 0 Å². The summed E-state index contributed by atoms with van der Waals surface area (Å²) >= 11 is 2.08. The molecule has 2 rings (SSSR count). The summed E-state index contributed by atoms with van der Waals surface area (Å²) in [6.45, 7) is 1.93. The second-order valence-corrected chi connectivity index (χ2v) is 5.12. The van der Waals surface area contributed by atoms with E-state index in [4.69, 9.17) is 4.74 Å². The minimum absolute atomic E-state index is 0.728. The molecule has 2 aliphatic rings. The zero-order valence-electron chi connectivity index (χ0n) is 8.13. The van der Waals surface area contributed by atoms with Crippen LogP contribution in [-0.4, -0.2) is 36.8 Å². The van der Waals surface area contributed by atoms with E-state index in [1.165, 1.54) is 37.2 Å². The van der Waals surface area contributed by atoms with Crippen LogP contribution in [0.5, 0.6) is 0 Å². The van der Waals surface area contributed by atoms with E-state index in [0.717, 1.165) is 25.3 Å². The normalized spacial score (nSPS) is 36.0. The molecule has 13 heavy (non-hydrogen) atoms. The molecule has 0 amide bonds. The zero-order chi connectivity index (χ0) is 8.93. The predicted molar refractivity (Wildman–Crippen MR) is 57.3 cm³/mol. The van der Waals surface area contributed by atoms with Crippen molar-refractivity contribution < 1.29 is 4.74 Å². The van der Waals surface area contributed by atoms with E-state index in [2.05, 4.69) is 17.1 Å². The Hall–Kier alpha value is 0.270. The summed E-state index contributed by atoms with van der Waals surface area (Å²) in [5, 5.41) is 3.76. The molecule has 0 aromatic rings. The highest BCUT2D eigenvalue weighted by atomic mass is 32.2. The maximum atomic E-state index is 5.44. The maximum Gasteiger partial charge on any atom is 0.0480 e. The Morgan fingerprint density at radius 3 is 2.92 bits per heavy atom. The maximum absolute atomic E-state index is 5.44. The van der Waals surface area contributed by atoms with Gasteiger partial charge in [0.25, 0.3) is 0 Å². The van der Waals surface area contributed by atoms with Gasteiger partial charge in [-0.1, -0.05) is 0 Å². The molecule has 3 heteroatoms. The van der Waals surface area contributed by atoms with Crippen molar-refractivity contribution in [3.8, 4) is 0 Å². The first-order valence-electron chi connectivity index (χ1n) is 5.37. The number of thioether (sulfide) groups is 1. The van der Waals surface area contributed by atoms with Crippen molar-refractivity contribution in [1.29, 1.82) is 0 Å². The second-order valence-electron chi connectivity index (χ2n) is 3.97. The Labute approximate surface area is 84.8 Å². The third-order valence-electron chi connectivity index (χ3n) is 2.85. The molecule has 2 nitrogen and oxygen atoms in total. The van der Waals surface area contributed by atoms with Gasteiger partial charge >= 0.3 is 0 Å². The SMILES string of the molecule is C1COCCC(NC2CCSC2)C1. The van der Waals surface area contributed by atoms with Gasteiger partial charge in [0.15, 0.2) is 0 Å². The highest BCUT2D eigenvalue weighted by molar-refractivity contribution is 7.99. The minimum Gasteiger partial charge on any atom is -0.381 e. The molecule has 1 N–H and O–H groups in total. The molecule has 2 unspecified atom stereocenters. The average Bonchev–Trinajstić information content (AvgIpc) is 2.49. The lowest BCUT2D eigenvalue weighted by Gasteiger charge is -2.20. The van der Waals surface area contributed by atoms with Crippen LogP contribution >= 0.6 is 11.8 Å². The van der Waals surface area contributed by atoms with Crippen molar-refractivity contribution in [3.05, 3.63) is 0 Å². The van der Waals surface area contributed by atoms with Gasteiger partial charge < -0.3 is 10.1 Å². The van der Waals surface area contributed by atoms with Crippen LogP contribution in [0.3, 0.4) is 0 Å². The predicted octanol–water partition coefficient (Wildman–Crippen LogP) is 1.65. The first-order chi connectivity index (χ1) is 6.45. The van der Waals surface area contributed by atoms with Gasteiger partial charge in [-0.15, -0.1) is 0 Å².